The quantitative estimate of drug-likeness (QED) is 0.0384. The lowest BCUT2D eigenvalue weighted by Crippen LogP contribution is -2.13. The zero-order valence-electron chi connectivity index (χ0n) is 40.3. The highest BCUT2D eigenvalue weighted by molar-refractivity contribution is 7.98. The molecule has 0 saturated heterocycles. The molecule has 26 nitrogen and oxygen atoms in total. The van der Waals surface area contributed by atoms with Gasteiger partial charge in [0, 0.05) is 32.7 Å². The Kier molecular flexibility index (Phi) is 19.5. The molecular weight excluding hydrogens is 1050 g/mol. The number of carbonyl (C=O) groups is 4. The van der Waals surface area contributed by atoms with Gasteiger partial charge in [-0.25, -0.2) is 4.21 Å². The number of hydrogen-bond donors (Lipinski definition) is 5. The Hall–Kier alpha value is -10.3. The average molecular weight is 1100 g/mol. The summed E-state index contributed by atoms with van der Waals surface area (Å²) in [5.74, 6) is -1.30. The number of amides is 4. The van der Waals surface area contributed by atoms with Gasteiger partial charge in [0.15, 0.2) is 23.0 Å². The molecule has 398 valence electrons. The molecule has 1 unspecified atom stereocenters. The molecule has 4 amide bonds. The summed E-state index contributed by atoms with van der Waals surface area (Å²) in [6, 6.07) is 34.9. The number of aryl methyl sites for hydroxylation is 3. The van der Waals surface area contributed by atoms with Gasteiger partial charge in [-0.2, -0.15) is 0 Å². The number of nitrogens with two attached hydrogens (primary N) is 1. The Labute approximate surface area is 439 Å². The van der Waals surface area contributed by atoms with Crippen LogP contribution in [-0.2, 0) is 16.1 Å². The standard InChI is InChI=1S/2C13H12N2O4.C12H11N3O5S.C11H7ClN2O4/c1-8-3-4-9(2)10(7-8)14-13(16)11-5-6-12(19-11)15(17)18;1-2-9-5-3-4-6-10(9)14-13(16)11-7-8-12(19-11)15(17)18;1-21(13,19)9-4-2-8(3-5-9)14-12(16)10-6-7-11(20-10)15(17)18;12-7-2-1-3-8(6-7)13-11(15)9-4-5-10(18-9)14(16)17/h3-7H,1-2H3,(H,14,16);3-8H,2H2,1H3,(H,14,16);2-7H,1H2,(H2,13,19)(H,14,16);1-6H,(H,13,15). The Morgan fingerprint density at radius 1 is 0.532 bits per heavy atom. The normalized spacial score (nSPS) is 11.0. The fraction of sp³-hybridized carbons (Fsp3) is 0.0816. The second-order valence-corrected chi connectivity index (χ2v) is 17.8. The number of furan rings is 4. The molecule has 0 radical (unpaired) electrons. The van der Waals surface area contributed by atoms with E-state index in [4.69, 9.17) is 34.4 Å². The third-order valence-electron chi connectivity index (χ3n) is 9.86. The number of nitrogens with one attached hydrogen (secondary N) is 4. The summed E-state index contributed by atoms with van der Waals surface area (Å²) < 4.78 is 30.7. The second-order valence-electron chi connectivity index (χ2n) is 15.5. The van der Waals surface area contributed by atoms with Gasteiger partial charge in [-0.1, -0.05) is 54.9 Å². The van der Waals surface area contributed by atoms with E-state index in [1.54, 1.807) is 36.4 Å². The van der Waals surface area contributed by atoms with Crippen LogP contribution in [0, 0.1) is 54.3 Å². The maximum Gasteiger partial charge on any atom is 0.433 e. The molecule has 0 aliphatic heterocycles. The van der Waals surface area contributed by atoms with E-state index in [0.29, 0.717) is 32.7 Å². The molecule has 0 bridgehead atoms. The van der Waals surface area contributed by atoms with Crippen molar-refractivity contribution < 1.29 is 60.7 Å². The lowest BCUT2D eigenvalue weighted by atomic mass is 10.1. The van der Waals surface area contributed by atoms with Crippen LogP contribution < -0.4 is 26.4 Å². The zero-order chi connectivity index (χ0) is 56.6. The average Bonchev–Trinajstić information content (AvgIpc) is 4.24. The van der Waals surface area contributed by atoms with Gasteiger partial charge in [0.1, 0.15) is 19.7 Å². The Balaban J connectivity index is 0.000000190. The molecular formula is C49H42ClN9O17S. The summed E-state index contributed by atoms with van der Waals surface area (Å²) in [6.07, 6.45) is 0.773. The molecule has 0 saturated carbocycles. The highest BCUT2D eigenvalue weighted by atomic mass is 35.5. The SMILES string of the molecule is C=S(N)(=O)c1ccc(NC(=O)c2ccc([N+](=O)[O-])o2)cc1.CCc1ccccc1NC(=O)c1ccc([N+](=O)[O-])o1.Cc1ccc(C)c(NC(=O)c2ccc([N+](=O)[O-])o2)c1.O=C(Nc1cccc(Cl)c1)c1ccc([N+](=O)[O-])o1. The molecule has 77 heavy (non-hydrogen) atoms. The van der Waals surface area contributed by atoms with Gasteiger partial charge in [0.25, 0.3) is 23.6 Å². The van der Waals surface area contributed by atoms with E-state index in [1.165, 1.54) is 48.5 Å². The van der Waals surface area contributed by atoms with Gasteiger partial charge in [-0.3, -0.25) is 64.8 Å². The van der Waals surface area contributed by atoms with E-state index >= 15 is 0 Å². The van der Waals surface area contributed by atoms with Gasteiger partial charge >= 0.3 is 23.5 Å². The lowest BCUT2D eigenvalue weighted by Gasteiger charge is -2.07. The second kappa shape index (κ2) is 26.1. The topological polar surface area (TPSA) is 385 Å². The number of nitro groups is 4. The van der Waals surface area contributed by atoms with E-state index in [0.717, 1.165) is 47.4 Å². The number of rotatable bonds is 14. The highest BCUT2D eigenvalue weighted by Gasteiger charge is 2.21. The third kappa shape index (κ3) is 16.9. The summed E-state index contributed by atoms with van der Waals surface area (Å²) >= 11 is 5.76. The molecule has 28 heteroatoms. The number of hydrogen-bond acceptors (Lipinski definition) is 17. The Bertz CT molecular complexity index is 3600. The minimum Gasteiger partial charge on any atom is -0.395 e. The first kappa shape index (κ1) is 57.6. The van der Waals surface area contributed by atoms with Crippen LogP contribution in [0.3, 0.4) is 0 Å². The highest BCUT2D eigenvalue weighted by Crippen LogP contribution is 2.24. The molecule has 0 aliphatic rings. The van der Waals surface area contributed by atoms with Crippen LogP contribution in [0.25, 0.3) is 0 Å². The molecule has 8 rings (SSSR count). The predicted octanol–water partition coefficient (Wildman–Crippen LogP) is 10.5. The summed E-state index contributed by atoms with van der Waals surface area (Å²) in [6.45, 7) is 5.75. The van der Waals surface area contributed by atoms with Crippen molar-refractivity contribution in [3.05, 3.63) is 225 Å². The molecule has 4 heterocycles. The van der Waals surface area contributed by atoms with Crippen molar-refractivity contribution >= 4 is 97.1 Å². The number of nitrogens with zero attached hydrogens (tertiary/aromatic N) is 4. The minimum absolute atomic E-state index is 0.0855. The van der Waals surface area contributed by atoms with Gasteiger partial charge in [-0.05, 0) is 122 Å². The van der Waals surface area contributed by atoms with Gasteiger partial charge in [-0.15, -0.1) is 0 Å². The maximum atomic E-state index is 11.9. The van der Waals surface area contributed by atoms with Crippen molar-refractivity contribution in [3.63, 3.8) is 0 Å². The van der Waals surface area contributed by atoms with Crippen molar-refractivity contribution in [2.24, 2.45) is 5.14 Å². The smallest absolute Gasteiger partial charge is 0.395 e. The molecule has 4 aromatic heterocycles. The van der Waals surface area contributed by atoms with Crippen LogP contribution in [0.4, 0.5) is 46.3 Å². The van der Waals surface area contributed by atoms with E-state index in [2.05, 4.69) is 27.1 Å². The third-order valence-corrected chi connectivity index (χ3v) is 11.2. The van der Waals surface area contributed by atoms with Crippen molar-refractivity contribution in [3.8, 4) is 0 Å². The van der Waals surface area contributed by atoms with Crippen molar-refractivity contribution in [2.75, 3.05) is 21.3 Å². The van der Waals surface area contributed by atoms with Crippen molar-refractivity contribution in [1.29, 1.82) is 0 Å². The van der Waals surface area contributed by atoms with Crippen LogP contribution in [-0.4, -0.2) is 53.4 Å². The first-order chi connectivity index (χ1) is 36.4. The monoisotopic (exact) mass is 1100 g/mol. The minimum atomic E-state index is -2.81. The summed E-state index contributed by atoms with van der Waals surface area (Å²) in [7, 11) is -2.81. The fourth-order valence-electron chi connectivity index (χ4n) is 6.10. The number of halogens is 1. The van der Waals surface area contributed by atoms with Crippen LogP contribution in [0.1, 0.15) is 65.8 Å². The predicted molar refractivity (Wildman–Crippen MR) is 281 cm³/mol. The number of benzene rings is 4. The molecule has 8 aromatic rings. The molecule has 0 aliphatic carbocycles. The zero-order valence-corrected chi connectivity index (χ0v) is 41.9. The molecule has 0 spiro atoms. The Morgan fingerprint density at radius 2 is 0.948 bits per heavy atom. The molecule has 6 N–H and O–H groups in total. The van der Waals surface area contributed by atoms with E-state index in [1.807, 2.05) is 51.1 Å². The number of para-hydroxylation sites is 1. The van der Waals surface area contributed by atoms with E-state index in [9.17, 15) is 63.8 Å². The van der Waals surface area contributed by atoms with E-state index < -0.39 is 76.6 Å². The summed E-state index contributed by atoms with van der Waals surface area (Å²) in [4.78, 5) is 86.6. The van der Waals surface area contributed by atoms with Crippen molar-refractivity contribution in [2.45, 2.75) is 32.1 Å². The van der Waals surface area contributed by atoms with Crippen molar-refractivity contribution in [1.82, 2.24) is 0 Å². The van der Waals surface area contributed by atoms with Gasteiger partial charge < -0.3 is 38.9 Å². The lowest BCUT2D eigenvalue weighted by molar-refractivity contribution is -0.402. The first-order valence-electron chi connectivity index (χ1n) is 21.8. The number of carbonyl (C=O) groups excluding carboxylic acids is 4. The Morgan fingerprint density at radius 3 is 1.35 bits per heavy atom. The fourth-order valence-corrected chi connectivity index (χ4v) is 6.89. The van der Waals surface area contributed by atoms with Crippen LogP contribution >= 0.6 is 11.6 Å². The molecule has 1 atom stereocenters. The summed E-state index contributed by atoms with van der Waals surface area (Å²) in [5, 5.41) is 58.0. The van der Waals surface area contributed by atoms with Crippen LogP contribution in [0.5, 0.6) is 0 Å². The van der Waals surface area contributed by atoms with E-state index in [-0.39, 0.29) is 23.0 Å². The number of anilines is 4. The first-order valence-corrected chi connectivity index (χ1v) is 24.0. The maximum absolute atomic E-state index is 11.9. The van der Waals surface area contributed by atoms with Crippen LogP contribution in [0.15, 0.2) is 162 Å². The molecule has 4 aromatic carbocycles. The van der Waals surface area contributed by atoms with Gasteiger partial charge in [0.2, 0.25) is 0 Å². The van der Waals surface area contributed by atoms with Crippen LogP contribution in [0.2, 0.25) is 5.02 Å². The summed E-state index contributed by atoms with van der Waals surface area (Å²) in [5.41, 5.74) is 5.10. The van der Waals surface area contributed by atoms with Gasteiger partial charge in [0.05, 0.1) is 34.0 Å². The molecule has 0 fully saturated rings. The largest absolute Gasteiger partial charge is 0.433 e.